The molecule has 0 spiro atoms. The molecule has 1 unspecified atom stereocenters. The van der Waals surface area contributed by atoms with Crippen molar-refractivity contribution in [2.75, 3.05) is 19.8 Å². The van der Waals surface area contributed by atoms with Crippen molar-refractivity contribution in [3.05, 3.63) is 36.5 Å². The summed E-state index contributed by atoms with van der Waals surface area (Å²) >= 11 is 0. The van der Waals surface area contributed by atoms with Crippen molar-refractivity contribution in [2.45, 2.75) is 348 Å². The Bertz CT molecular complexity index is 1110. The smallest absolute Gasteiger partial charge is 0.306 e. The van der Waals surface area contributed by atoms with E-state index in [0.717, 1.165) is 38.5 Å². The fraction of sp³-hybridized carbons (Fsp3) is 0.877. The van der Waals surface area contributed by atoms with Crippen LogP contribution in [-0.2, 0) is 23.8 Å². The molecule has 0 saturated carbocycles. The van der Waals surface area contributed by atoms with Crippen LogP contribution >= 0.6 is 0 Å². The van der Waals surface area contributed by atoms with Crippen molar-refractivity contribution in [3.63, 3.8) is 0 Å². The van der Waals surface area contributed by atoms with Crippen LogP contribution in [0.2, 0.25) is 0 Å². The highest BCUT2D eigenvalue weighted by Gasteiger charge is 2.18. The molecule has 0 aliphatic rings. The van der Waals surface area contributed by atoms with E-state index in [0.29, 0.717) is 26.1 Å². The lowest BCUT2D eigenvalue weighted by Gasteiger charge is -2.18. The SMILES string of the molecule is CCCCC/C=C\C/C=C\CCCCCCCCCCCC(=O)OCC(COCCCCCCCCCCCC/C=C\CCCCCCCC)OC(=O)CCCCCCCCCCCCCCCCC. The summed E-state index contributed by atoms with van der Waals surface area (Å²) in [5, 5.41) is 0. The quantitative estimate of drug-likeness (QED) is 0.0345. The summed E-state index contributed by atoms with van der Waals surface area (Å²) in [5.41, 5.74) is 0. The molecule has 0 aromatic carbocycles. The molecule has 0 fully saturated rings. The minimum Gasteiger partial charge on any atom is -0.462 e. The van der Waals surface area contributed by atoms with Gasteiger partial charge in [0, 0.05) is 19.4 Å². The Morgan fingerprint density at radius 3 is 0.986 bits per heavy atom. The number of allylic oxidation sites excluding steroid dienone is 6. The number of hydrogen-bond donors (Lipinski definition) is 0. The van der Waals surface area contributed by atoms with Gasteiger partial charge in [-0.3, -0.25) is 9.59 Å². The molecule has 0 N–H and O–H groups in total. The molecule has 1 atom stereocenters. The highest BCUT2D eigenvalue weighted by molar-refractivity contribution is 5.70. The van der Waals surface area contributed by atoms with Crippen LogP contribution in [0.1, 0.15) is 342 Å². The van der Waals surface area contributed by atoms with Crippen molar-refractivity contribution in [1.82, 2.24) is 0 Å². The topological polar surface area (TPSA) is 61.8 Å². The Morgan fingerprint density at radius 2 is 0.600 bits per heavy atom. The zero-order valence-corrected chi connectivity index (χ0v) is 47.6. The van der Waals surface area contributed by atoms with Crippen LogP contribution < -0.4 is 0 Å². The third-order valence-corrected chi connectivity index (χ3v) is 14.1. The van der Waals surface area contributed by atoms with Gasteiger partial charge < -0.3 is 14.2 Å². The van der Waals surface area contributed by atoms with Gasteiger partial charge in [0.25, 0.3) is 0 Å². The van der Waals surface area contributed by atoms with E-state index in [9.17, 15) is 9.59 Å². The molecule has 70 heavy (non-hydrogen) atoms. The van der Waals surface area contributed by atoms with Gasteiger partial charge in [-0.25, -0.2) is 0 Å². The Morgan fingerprint density at radius 1 is 0.314 bits per heavy atom. The highest BCUT2D eigenvalue weighted by atomic mass is 16.6. The van der Waals surface area contributed by atoms with Crippen LogP contribution in [0.25, 0.3) is 0 Å². The van der Waals surface area contributed by atoms with Gasteiger partial charge in [0.15, 0.2) is 6.10 Å². The van der Waals surface area contributed by atoms with E-state index in [1.165, 1.54) is 270 Å². The second-order valence-corrected chi connectivity index (χ2v) is 21.3. The Hall–Kier alpha value is -1.88. The number of esters is 2. The summed E-state index contributed by atoms with van der Waals surface area (Å²) in [6.45, 7) is 7.87. The Balaban J connectivity index is 4.22. The van der Waals surface area contributed by atoms with Gasteiger partial charge in [0.2, 0.25) is 0 Å². The molecule has 412 valence electrons. The molecule has 0 aromatic heterocycles. The molecule has 5 nitrogen and oxygen atoms in total. The molecular weight excluding hydrogens is 861 g/mol. The molecule has 0 amide bonds. The molecule has 5 heteroatoms. The second kappa shape index (κ2) is 61.4. The lowest BCUT2D eigenvalue weighted by molar-refractivity contribution is -0.163. The molecule has 0 bridgehead atoms. The Kier molecular flexibility index (Phi) is 59.8. The summed E-state index contributed by atoms with van der Waals surface area (Å²) in [4.78, 5) is 25.6. The number of ether oxygens (including phenoxy) is 3. The second-order valence-electron chi connectivity index (χ2n) is 21.3. The maximum atomic E-state index is 12.9. The average Bonchev–Trinajstić information content (AvgIpc) is 3.36. The number of rotatable bonds is 59. The lowest BCUT2D eigenvalue weighted by atomic mass is 10.0. The van der Waals surface area contributed by atoms with Crippen molar-refractivity contribution in [2.24, 2.45) is 0 Å². The van der Waals surface area contributed by atoms with E-state index in [-0.39, 0.29) is 18.5 Å². The summed E-state index contributed by atoms with van der Waals surface area (Å²) < 4.78 is 17.5. The molecule has 0 heterocycles. The van der Waals surface area contributed by atoms with Crippen molar-refractivity contribution in [1.29, 1.82) is 0 Å². The van der Waals surface area contributed by atoms with E-state index in [1.807, 2.05) is 0 Å². The number of hydrogen-bond acceptors (Lipinski definition) is 5. The molecule has 0 saturated heterocycles. The third kappa shape index (κ3) is 58.7. The van der Waals surface area contributed by atoms with Gasteiger partial charge in [0.1, 0.15) is 6.61 Å². The highest BCUT2D eigenvalue weighted by Crippen LogP contribution is 2.17. The van der Waals surface area contributed by atoms with E-state index >= 15 is 0 Å². The minimum atomic E-state index is -0.535. The fourth-order valence-corrected chi connectivity index (χ4v) is 9.42. The first kappa shape index (κ1) is 68.1. The lowest BCUT2D eigenvalue weighted by Crippen LogP contribution is -2.30. The molecular formula is C65H122O5. The number of unbranched alkanes of at least 4 members (excludes halogenated alkanes) is 42. The van der Waals surface area contributed by atoms with Crippen LogP contribution in [0.3, 0.4) is 0 Å². The van der Waals surface area contributed by atoms with Gasteiger partial charge in [-0.1, -0.05) is 288 Å². The summed E-state index contributed by atoms with van der Waals surface area (Å²) in [5.74, 6) is -0.380. The average molecular weight is 984 g/mol. The van der Waals surface area contributed by atoms with Crippen LogP contribution in [-0.4, -0.2) is 37.9 Å². The van der Waals surface area contributed by atoms with E-state index < -0.39 is 6.10 Å². The minimum absolute atomic E-state index is 0.0886. The van der Waals surface area contributed by atoms with Crippen molar-refractivity contribution < 1.29 is 23.8 Å². The van der Waals surface area contributed by atoms with Crippen LogP contribution in [0, 0.1) is 0 Å². The summed E-state index contributed by atoms with van der Waals surface area (Å²) in [6, 6.07) is 0. The first-order valence-corrected chi connectivity index (χ1v) is 31.5. The van der Waals surface area contributed by atoms with Crippen LogP contribution in [0.5, 0.6) is 0 Å². The van der Waals surface area contributed by atoms with Gasteiger partial charge in [-0.05, 0) is 77.0 Å². The zero-order valence-electron chi connectivity index (χ0n) is 47.6. The largest absolute Gasteiger partial charge is 0.462 e. The molecule has 0 aliphatic carbocycles. The van der Waals surface area contributed by atoms with E-state index in [1.54, 1.807) is 0 Å². The normalized spacial score (nSPS) is 12.3. The van der Waals surface area contributed by atoms with Gasteiger partial charge in [0.05, 0.1) is 6.61 Å². The monoisotopic (exact) mass is 983 g/mol. The summed E-state index contributed by atoms with van der Waals surface area (Å²) in [6.07, 6.45) is 76.0. The molecule has 0 radical (unpaired) electrons. The molecule has 0 aromatic rings. The maximum Gasteiger partial charge on any atom is 0.306 e. The van der Waals surface area contributed by atoms with Crippen LogP contribution in [0.4, 0.5) is 0 Å². The van der Waals surface area contributed by atoms with E-state index in [2.05, 4.69) is 57.2 Å². The van der Waals surface area contributed by atoms with Crippen molar-refractivity contribution in [3.8, 4) is 0 Å². The van der Waals surface area contributed by atoms with Gasteiger partial charge >= 0.3 is 11.9 Å². The third-order valence-electron chi connectivity index (χ3n) is 14.1. The maximum absolute atomic E-state index is 12.9. The fourth-order valence-electron chi connectivity index (χ4n) is 9.42. The zero-order chi connectivity index (χ0) is 50.6. The predicted octanol–water partition coefficient (Wildman–Crippen LogP) is 21.7. The summed E-state index contributed by atoms with van der Waals surface area (Å²) in [7, 11) is 0. The molecule has 0 aliphatic heterocycles. The molecule has 0 rings (SSSR count). The van der Waals surface area contributed by atoms with Gasteiger partial charge in [-0.2, -0.15) is 0 Å². The predicted molar refractivity (Wildman–Crippen MR) is 307 cm³/mol. The van der Waals surface area contributed by atoms with Gasteiger partial charge in [-0.15, -0.1) is 0 Å². The number of carbonyl (C=O) groups excluding carboxylic acids is 2. The first-order chi connectivity index (χ1) is 34.6. The first-order valence-electron chi connectivity index (χ1n) is 31.5. The number of carbonyl (C=O) groups is 2. The van der Waals surface area contributed by atoms with Crippen molar-refractivity contribution >= 4 is 11.9 Å². The van der Waals surface area contributed by atoms with E-state index in [4.69, 9.17) is 14.2 Å². The van der Waals surface area contributed by atoms with Crippen LogP contribution in [0.15, 0.2) is 36.5 Å². The Labute approximate surface area is 438 Å². The standard InChI is InChI=1S/C65H122O5/c1-4-7-10-13-16-19-22-25-28-30-32-34-36-39-42-45-48-51-54-57-60-68-61-63(70-65(67)59-56-53-50-47-44-41-37-27-24-21-18-15-12-9-6-3)62-69-64(66)58-55-52-49-46-43-40-38-35-33-31-29-26-23-20-17-14-11-8-5-2/h17,20,25-26,28-29,63H,4-16,18-19,21-24,27,30-62H2,1-3H3/b20-17-,28-25-,29-26-.